The van der Waals surface area contributed by atoms with Crippen LogP contribution in [0.15, 0.2) is 0 Å². The number of hydrogen-bond acceptors (Lipinski definition) is 3. The van der Waals surface area contributed by atoms with Gasteiger partial charge in [0.15, 0.2) is 5.92 Å². The molecular formula is C5H7NO3. The number of aliphatic hydroxyl groups is 1. The van der Waals surface area contributed by atoms with Crippen molar-refractivity contribution >= 4 is 5.97 Å². The van der Waals surface area contributed by atoms with Gasteiger partial charge in [0.25, 0.3) is 0 Å². The zero-order valence-corrected chi connectivity index (χ0v) is 4.90. The third kappa shape index (κ3) is 2.11. The molecule has 0 aromatic carbocycles. The van der Waals surface area contributed by atoms with Crippen LogP contribution in [0.5, 0.6) is 0 Å². The molecule has 0 aliphatic carbocycles. The van der Waals surface area contributed by atoms with E-state index in [4.69, 9.17) is 15.5 Å². The van der Waals surface area contributed by atoms with E-state index in [0.717, 1.165) is 0 Å². The monoisotopic (exact) mass is 129 g/mol. The van der Waals surface area contributed by atoms with E-state index in [1.165, 1.54) is 13.0 Å². The predicted molar refractivity (Wildman–Crippen MR) is 28.4 cm³/mol. The number of carboxylic acids is 1. The smallest absolute Gasteiger partial charge is 0.323 e. The summed E-state index contributed by atoms with van der Waals surface area (Å²) in [7, 11) is 0. The maximum atomic E-state index is 9.99. The van der Waals surface area contributed by atoms with Gasteiger partial charge in [-0.3, -0.25) is 4.79 Å². The summed E-state index contributed by atoms with van der Waals surface area (Å²) in [5.74, 6) is -2.59. The Labute approximate surface area is 52.3 Å². The quantitative estimate of drug-likeness (QED) is 0.531. The van der Waals surface area contributed by atoms with Crippen LogP contribution >= 0.6 is 0 Å². The van der Waals surface area contributed by atoms with Crippen LogP contribution < -0.4 is 0 Å². The molecule has 4 nitrogen and oxygen atoms in total. The SMILES string of the molecule is CC(O)C(C#N)C(=O)O. The molecule has 0 aromatic rings. The number of nitrogens with zero attached hydrogens (tertiary/aromatic N) is 1. The van der Waals surface area contributed by atoms with Crippen molar-refractivity contribution in [2.24, 2.45) is 5.92 Å². The van der Waals surface area contributed by atoms with Gasteiger partial charge in [-0.25, -0.2) is 0 Å². The van der Waals surface area contributed by atoms with Gasteiger partial charge in [0.1, 0.15) is 0 Å². The summed E-state index contributed by atoms with van der Waals surface area (Å²) in [6.45, 7) is 1.27. The normalized spacial score (nSPS) is 15.7. The minimum Gasteiger partial charge on any atom is -0.480 e. The van der Waals surface area contributed by atoms with Crippen LogP contribution in [0.4, 0.5) is 0 Å². The Bertz CT molecular complexity index is 147. The summed E-state index contributed by atoms with van der Waals surface area (Å²) in [5, 5.41) is 24.8. The first-order chi connectivity index (χ1) is 4.09. The zero-order valence-electron chi connectivity index (χ0n) is 4.90. The van der Waals surface area contributed by atoms with Gasteiger partial charge in [0.2, 0.25) is 0 Å². The molecule has 0 rings (SSSR count). The van der Waals surface area contributed by atoms with Crippen LogP contribution in [0.2, 0.25) is 0 Å². The summed E-state index contributed by atoms with van der Waals surface area (Å²) in [6.07, 6.45) is -1.10. The number of aliphatic carboxylic acids is 1. The number of carboxylic acid groups (broad SMARTS) is 1. The number of hydrogen-bond donors (Lipinski definition) is 2. The molecule has 0 fully saturated rings. The lowest BCUT2D eigenvalue weighted by Crippen LogP contribution is -2.23. The minimum atomic E-state index is -1.30. The maximum Gasteiger partial charge on any atom is 0.323 e. The van der Waals surface area contributed by atoms with Crippen molar-refractivity contribution in [3.63, 3.8) is 0 Å². The Morgan fingerprint density at radius 1 is 1.78 bits per heavy atom. The first kappa shape index (κ1) is 7.92. The van der Waals surface area contributed by atoms with Crippen molar-refractivity contribution in [1.29, 1.82) is 5.26 Å². The number of carbonyl (C=O) groups is 1. The first-order valence-electron chi connectivity index (χ1n) is 2.40. The largest absolute Gasteiger partial charge is 0.480 e. The number of rotatable bonds is 2. The van der Waals surface area contributed by atoms with Crippen LogP contribution in [-0.4, -0.2) is 22.3 Å². The molecule has 2 N–H and O–H groups in total. The minimum absolute atomic E-state index is 1.10. The van der Waals surface area contributed by atoms with E-state index in [2.05, 4.69) is 0 Å². The van der Waals surface area contributed by atoms with Crippen LogP contribution in [0.1, 0.15) is 6.92 Å². The van der Waals surface area contributed by atoms with Crippen molar-refractivity contribution in [3.8, 4) is 6.07 Å². The van der Waals surface area contributed by atoms with Crippen LogP contribution in [-0.2, 0) is 4.79 Å². The first-order valence-corrected chi connectivity index (χ1v) is 2.40. The molecule has 0 radical (unpaired) electrons. The Kier molecular flexibility index (Phi) is 2.68. The topological polar surface area (TPSA) is 81.3 Å². The molecule has 0 aliphatic rings. The molecule has 0 saturated heterocycles. The third-order valence-electron chi connectivity index (χ3n) is 0.888. The Hall–Kier alpha value is -1.08. The summed E-state index contributed by atoms with van der Waals surface area (Å²) < 4.78 is 0. The van der Waals surface area contributed by atoms with Gasteiger partial charge in [-0.1, -0.05) is 0 Å². The molecule has 0 bridgehead atoms. The van der Waals surface area contributed by atoms with Crippen molar-refractivity contribution < 1.29 is 15.0 Å². The molecule has 0 heterocycles. The van der Waals surface area contributed by atoms with Crippen LogP contribution in [0, 0.1) is 17.2 Å². The molecule has 2 unspecified atom stereocenters. The van der Waals surface area contributed by atoms with E-state index in [0.29, 0.717) is 0 Å². The van der Waals surface area contributed by atoms with E-state index >= 15 is 0 Å². The predicted octanol–water partition coefficient (Wildman–Crippen LogP) is -0.408. The zero-order chi connectivity index (χ0) is 7.44. The summed E-state index contributed by atoms with van der Waals surface area (Å²) >= 11 is 0. The van der Waals surface area contributed by atoms with Crippen molar-refractivity contribution in [2.75, 3.05) is 0 Å². The second-order valence-electron chi connectivity index (χ2n) is 1.69. The fourth-order valence-electron chi connectivity index (χ4n) is 0.369. The van der Waals surface area contributed by atoms with E-state index in [-0.39, 0.29) is 0 Å². The van der Waals surface area contributed by atoms with E-state index in [1.807, 2.05) is 0 Å². The van der Waals surface area contributed by atoms with Gasteiger partial charge in [0.05, 0.1) is 12.2 Å². The van der Waals surface area contributed by atoms with Gasteiger partial charge in [-0.05, 0) is 6.92 Å². The number of nitriles is 1. The highest BCUT2D eigenvalue weighted by Gasteiger charge is 2.21. The number of aliphatic hydroxyl groups excluding tert-OH is 1. The average Bonchev–Trinajstić information content (AvgIpc) is 1.64. The Morgan fingerprint density at radius 2 is 2.22 bits per heavy atom. The van der Waals surface area contributed by atoms with E-state index in [9.17, 15) is 4.79 Å². The molecule has 2 atom stereocenters. The second kappa shape index (κ2) is 3.05. The van der Waals surface area contributed by atoms with Gasteiger partial charge in [0, 0.05) is 0 Å². The third-order valence-corrected chi connectivity index (χ3v) is 0.888. The molecule has 4 heteroatoms. The second-order valence-corrected chi connectivity index (χ2v) is 1.69. The summed E-state index contributed by atoms with van der Waals surface area (Å²) in [4.78, 5) is 9.99. The van der Waals surface area contributed by atoms with Gasteiger partial charge in [-0.15, -0.1) is 0 Å². The average molecular weight is 129 g/mol. The van der Waals surface area contributed by atoms with E-state index < -0.39 is 18.0 Å². The lowest BCUT2D eigenvalue weighted by Gasteiger charge is -2.04. The molecule has 0 saturated carbocycles. The van der Waals surface area contributed by atoms with Crippen LogP contribution in [0.25, 0.3) is 0 Å². The van der Waals surface area contributed by atoms with Gasteiger partial charge < -0.3 is 10.2 Å². The fraction of sp³-hybridized carbons (Fsp3) is 0.600. The molecular weight excluding hydrogens is 122 g/mol. The molecule has 0 amide bonds. The maximum absolute atomic E-state index is 9.99. The van der Waals surface area contributed by atoms with Gasteiger partial charge >= 0.3 is 5.97 Å². The standard InChI is InChI=1S/C5H7NO3/c1-3(7)4(2-6)5(8)9/h3-4,7H,1H3,(H,8,9). The lowest BCUT2D eigenvalue weighted by atomic mass is 10.1. The molecule has 9 heavy (non-hydrogen) atoms. The molecule has 0 aliphatic heterocycles. The highest BCUT2D eigenvalue weighted by atomic mass is 16.4. The summed E-state index contributed by atoms with van der Waals surface area (Å²) in [6, 6.07) is 1.45. The highest BCUT2D eigenvalue weighted by molar-refractivity contribution is 5.73. The lowest BCUT2D eigenvalue weighted by molar-refractivity contribution is -0.142. The fourth-order valence-corrected chi connectivity index (χ4v) is 0.369. The molecule has 0 spiro atoms. The van der Waals surface area contributed by atoms with Crippen molar-refractivity contribution in [3.05, 3.63) is 0 Å². The van der Waals surface area contributed by atoms with Crippen molar-refractivity contribution in [1.82, 2.24) is 0 Å². The summed E-state index contributed by atoms with van der Waals surface area (Å²) in [5.41, 5.74) is 0. The Balaban J connectivity index is 4.04. The van der Waals surface area contributed by atoms with E-state index in [1.54, 1.807) is 0 Å². The van der Waals surface area contributed by atoms with Crippen LogP contribution in [0.3, 0.4) is 0 Å². The van der Waals surface area contributed by atoms with Crippen molar-refractivity contribution in [2.45, 2.75) is 13.0 Å². The molecule has 50 valence electrons. The van der Waals surface area contributed by atoms with Gasteiger partial charge in [-0.2, -0.15) is 5.26 Å². The molecule has 0 aromatic heterocycles. The Morgan fingerprint density at radius 3 is 2.22 bits per heavy atom. The highest BCUT2D eigenvalue weighted by Crippen LogP contribution is 2.00.